The predicted molar refractivity (Wildman–Crippen MR) is 76.2 cm³/mol. The third-order valence-corrected chi connectivity index (χ3v) is 4.18. The van der Waals surface area contributed by atoms with E-state index in [1.54, 1.807) is 0 Å². The highest BCUT2D eigenvalue weighted by molar-refractivity contribution is 5.93. The van der Waals surface area contributed by atoms with Crippen molar-refractivity contribution in [2.24, 2.45) is 0 Å². The van der Waals surface area contributed by atoms with Gasteiger partial charge in [-0.05, 0) is 57.6 Å². The second kappa shape index (κ2) is 5.24. The van der Waals surface area contributed by atoms with E-state index in [1.807, 2.05) is 18.3 Å². The van der Waals surface area contributed by atoms with E-state index >= 15 is 0 Å². The molecular weight excluding hydrogens is 236 g/mol. The van der Waals surface area contributed by atoms with Crippen LogP contribution in [0.5, 0.6) is 0 Å². The van der Waals surface area contributed by atoms with Gasteiger partial charge in [-0.25, -0.2) is 0 Å². The first-order chi connectivity index (χ1) is 9.25. The van der Waals surface area contributed by atoms with Gasteiger partial charge < -0.3 is 9.88 Å². The Hall–Kier alpha value is -1.51. The summed E-state index contributed by atoms with van der Waals surface area (Å²) in [6.07, 6.45) is 11.6. The van der Waals surface area contributed by atoms with Gasteiger partial charge in [0.15, 0.2) is 0 Å². The largest absolute Gasteiger partial charge is 0.345 e. The zero-order valence-corrected chi connectivity index (χ0v) is 11.6. The van der Waals surface area contributed by atoms with Crippen LogP contribution in [0, 0.1) is 0 Å². The van der Waals surface area contributed by atoms with Crippen molar-refractivity contribution in [3.05, 3.63) is 35.7 Å². The lowest BCUT2D eigenvalue weighted by molar-refractivity contribution is 0.0935. The zero-order valence-electron chi connectivity index (χ0n) is 11.6. The average Bonchev–Trinajstić information content (AvgIpc) is 3.16. The summed E-state index contributed by atoms with van der Waals surface area (Å²) in [6, 6.07) is 4.61. The smallest absolute Gasteiger partial charge is 0.268 e. The van der Waals surface area contributed by atoms with E-state index in [2.05, 4.69) is 22.9 Å². The number of aromatic nitrogens is 1. The van der Waals surface area contributed by atoms with Gasteiger partial charge in [-0.1, -0.05) is 11.6 Å². The molecule has 0 radical (unpaired) electrons. The molecule has 19 heavy (non-hydrogen) atoms. The van der Waals surface area contributed by atoms with Crippen LogP contribution in [0.2, 0.25) is 0 Å². The Morgan fingerprint density at radius 1 is 1.42 bits per heavy atom. The Morgan fingerprint density at radius 3 is 2.95 bits per heavy atom. The molecule has 0 aromatic carbocycles. The Kier molecular flexibility index (Phi) is 3.45. The lowest BCUT2D eigenvalue weighted by atomic mass is 9.95. The van der Waals surface area contributed by atoms with Crippen LogP contribution >= 0.6 is 0 Å². The molecule has 1 unspecified atom stereocenters. The average molecular weight is 258 g/mol. The van der Waals surface area contributed by atoms with E-state index in [4.69, 9.17) is 0 Å². The van der Waals surface area contributed by atoms with Gasteiger partial charge in [0.1, 0.15) is 5.69 Å². The van der Waals surface area contributed by atoms with Crippen molar-refractivity contribution in [3.8, 4) is 0 Å². The van der Waals surface area contributed by atoms with Crippen LogP contribution in [0.3, 0.4) is 0 Å². The van der Waals surface area contributed by atoms with E-state index in [-0.39, 0.29) is 11.9 Å². The predicted octanol–water partition coefficient (Wildman–Crippen LogP) is 3.44. The van der Waals surface area contributed by atoms with Gasteiger partial charge in [0, 0.05) is 18.3 Å². The Balaban J connectivity index is 1.67. The molecule has 1 aromatic rings. The summed E-state index contributed by atoms with van der Waals surface area (Å²) in [6.45, 7) is 2.10. The van der Waals surface area contributed by atoms with E-state index in [0.29, 0.717) is 6.04 Å². The fourth-order valence-corrected chi connectivity index (χ4v) is 2.88. The highest BCUT2D eigenvalue weighted by Crippen LogP contribution is 2.36. The van der Waals surface area contributed by atoms with Crippen LogP contribution in [0.15, 0.2) is 30.0 Å². The molecule has 2 aliphatic carbocycles. The minimum atomic E-state index is 0.0656. The molecule has 3 heteroatoms. The third-order valence-electron chi connectivity index (χ3n) is 4.18. The molecule has 0 spiro atoms. The number of nitrogens with one attached hydrogen (secondary N) is 1. The quantitative estimate of drug-likeness (QED) is 0.825. The van der Waals surface area contributed by atoms with Crippen molar-refractivity contribution in [2.75, 3.05) is 0 Å². The first-order valence-corrected chi connectivity index (χ1v) is 7.42. The fraction of sp³-hybridized carbons (Fsp3) is 0.562. The number of hydrogen-bond donors (Lipinski definition) is 1. The first-order valence-electron chi connectivity index (χ1n) is 7.42. The molecule has 2 aliphatic rings. The fourth-order valence-electron chi connectivity index (χ4n) is 2.88. The summed E-state index contributed by atoms with van der Waals surface area (Å²) in [7, 11) is 0. The highest BCUT2D eigenvalue weighted by Gasteiger charge is 2.27. The molecule has 1 saturated carbocycles. The van der Waals surface area contributed by atoms with Gasteiger partial charge in [-0.15, -0.1) is 0 Å². The molecular formula is C16H22N2O. The minimum absolute atomic E-state index is 0.0656. The molecule has 1 heterocycles. The van der Waals surface area contributed by atoms with Crippen molar-refractivity contribution in [3.63, 3.8) is 0 Å². The number of hydrogen-bond acceptors (Lipinski definition) is 1. The van der Waals surface area contributed by atoms with Crippen molar-refractivity contribution in [1.29, 1.82) is 0 Å². The topological polar surface area (TPSA) is 34.0 Å². The van der Waals surface area contributed by atoms with Crippen LogP contribution in [0.4, 0.5) is 0 Å². The maximum atomic E-state index is 12.4. The summed E-state index contributed by atoms with van der Waals surface area (Å²) in [4.78, 5) is 12.4. The lowest BCUT2D eigenvalue weighted by Crippen LogP contribution is -2.35. The SMILES string of the molecule is CC(NC(=O)c1cccn1C1CC1)C1=CCCCC1. The first kappa shape index (κ1) is 12.5. The van der Waals surface area contributed by atoms with Gasteiger partial charge in [-0.2, -0.15) is 0 Å². The summed E-state index contributed by atoms with van der Waals surface area (Å²) in [5, 5.41) is 3.15. The van der Waals surface area contributed by atoms with E-state index in [9.17, 15) is 4.79 Å². The molecule has 102 valence electrons. The van der Waals surface area contributed by atoms with Gasteiger partial charge in [0.2, 0.25) is 0 Å². The van der Waals surface area contributed by atoms with Gasteiger partial charge in [0.25, 0.3) is 5.91 Å². The molecule has 1 atom stereocenters. The van der Waals surface area contributed by atoms with Crippen LogP contribution in [-0.4, -0.2) is 16.5 Å². The maximum absolute atomic E-state index is 12.4. The number of allylic oxidation sites excluding steroid dienone is 1. The molecule has 0 bridgehead atoms. The summed E-state index contributed by atoms with van der Waals surface area (Å²) in [5.41, 5.74) is 2.20. The minimum Gasteiger partial charge on any atom is -0.345 e. The standard InChI is InChI=1S/C16H22N2O/c1-12(13-6-3-2-4-7-13)17-16(19)15-8-5-11-18(15)14-9-10-14/h5-6,8,11-12,14H,2-4,7,9-10H2,1H3,(H,17,19). The number of rotatable bonds is 4. The molecule has 1 aromatic heterocycles. The number of carbonyl (C=O) groups excluding carboxylic acids is 1. The van der Waals surface area contributed by atoms with E-state index in [0.717, 1.165) is 18.5 Å². The van der Waals surface area contributed by atoms with Gasteiger partial charge in [0.05, 0.1) is 0 Å². The van der Waals surface area contributed by atoms with Gasteiger partial charge >= 0.3 is 0 Å². The number of nitrogens with zero attached hydrogens (tertiary/aromatic N) is 1. The summed E-state index contributed by atoms with van der Waals surface area (Å²) in [5.74, 6) is 0.0656. The van der Waals surface area contributed by atoms with Crippen LogP contribution in [0.1, 0.15) is 62.0 Å². The molecule has 0 aliphatic heterocycles. The Morgan fingerprint density at radius 2 is 2.26 bits per heavy atom. The second-order valence-corrected chi connectivity index (χ2v) is 5.75. The Labute approximate surface area is 114 Å². The lowest BCUT2D eigenvalue weighted by Gasteiger charge is -2.21. The Bertz CT molecular complexity index is 497. The van der Waals surface area contributed by atoms with Crippen LogP contribution in [0.25, 0.3) is 0 Å². The molecule has 1 amide bonds. The third kappa shape index (κ3) is 2.75. The van der Waals surface area contributed by atoms with Gasteiger partial charge in [-0.3, -0.25) is 4.79 Å². The molecule has 1 fully saturated rings. The van der Waals surface area contributed by atoms with Crippen molar-refractivity contribution in [1.82, 2.24) is 9.88 Å². The van der Waals surface area contributed by atoms with Crippen LogP contribution < -0.4 is 5.32 Å². The second-order valence-electron chi connectivity index (χ2n) is 5.75. The monoisotopic (exact) mass is 258 g/mol. The van der Waals surface area contributed by atoms with Crippen LogP contribution in [-0.2, 0) is 0 Å². The zero-order chi connectivity index (χ0) is 13.2. The highest BCUT2D eigenvalue weighted by atomic mass is 16.2. The summed E-state index contributed by atoms with van der Waals surface area (Å²) < 4.78 is 2.12. The normalized spacial score (nSPS) is 20.8. The van der Waals surface area contributed by atoms with Crippen molar-refractivity contribution < 1.29 is 4.79 Å². The van der Waals surface area contributed by atoms with E-state index in [1.165, 1.54) is 31.3 Å². The molecule has 3 rings (SSSR count). The van der Waals surface area contributed by atoms with Crippen molar-refractivity contribution >= 4 is 5.91 Å². The van der Waals surface area contributed by atoms with Crippen molar-refractivity contribution in [2.45, 2.75) is 57.5 Å². The number of carbonyl (C=O) groups is 1. The molecule has 0 saturated heterocycles. The molecule has 3 nitrogen and oxygen atoms in total. The number of amides is 1. The molecule has 1 N–H and O–H groups in total. The maximum Gasteiger partial charge on any atom is 0.268 e. The summed E-state index contributed by atoms with van der Waals surface area (Å²) >= 11 is 0. The van der Waals surface area contributed by atoms with E-state index < -0.39 is 0 Å².